The fourth-order valence-electron chi connectivity index (χ4n) is 3.28. The Hall–Kier alpha value is -2.12. The highest BCUT2D eigenvalue weighted by molar-refractivity contribution is 5.94. The van der Waals surface area contributed by atoms with Crippen LogP contribution in [0.2, 0.25) is 0 Å². The molecule has 5 nitrogen and oxygen atoms in total. The number of pyridine rings is 1. The van der Waals surface area contributed by atoms with E-state index in [1.54, 1.807) is 9.80 Å². The second-order valence-electron chi connectivity index (χ2n) is 6.61. The van der Waals surface area contributed by atoms with Crippen LogP contribution in [0, 0.1) is 0 Å². The lowest BCUT2D eigenvalue weighted by Gasteiger charge is -2.38. The van der Waals surface area contributed by atoms with Crippen LogP contribution < -0.4 is 0 Å². The molecule has 2 amide bonds. The molecule has 2 aliphatic rings. The second-order valence-corrected chi connectivity index (χ2v) is 6.61. The third-order valence-electron chi connectivity index (χ3n) is 4.78. The Labute approximate surface area is 143 Å². The van der Waals surface area contributed by atoms with Gasteiger partial charge < -0.3 is 9.80 Å². The summed E-state index contributed by atoms with van der Waals surface area (Å²) in [6.07, 6.45) is -0.312. The predicted octanol–water partition coefficient (Wildman–Crippen LogP) is 2.72. The zero-order valence-corrected chi connectivity index (χ0v) is 13.9. The van der Waals surface area contributed by atoms with Crippen molar-refractivity contribution in [2.24, 2.45) is 0 Å². The Bertz CT molecular complexity index is 648. The van der Waals surface area contributed by atoms with Gasteiger partial charge in [0.2, 0.25) is 5.91 Å². The van der Waals surface area contributed by atoms with E-state index < -0.39 is 11.9 Å². The largest absolute Gasteiger partial charge is 0.433 e. The van der Waals surface area contributed by atoms with Crippen LogP contribution in [0.25, 0.3) is 0 Å². The van der Waals surface area contributed by atoms with E-state index in [9.17, 15) is 22.8 Å². The van der Waals surface area contributed by atoms with Crippen LogP contribution in [0.3, 0.4) is 0 Å². The molecule has 1 aliphatic heterocycles. The molecule has 0 aromatic carbocycles. The minimum Gasteiger partial charge on any atom is -0.343 e. The van der Waals surface area contributed by atoms with E-state index in [1.165, 1.54) is 13.0 Å². The number of hydrogen-bond donors (Lipinski definition) is 0. The molecule has 1 aliphatic carbocycles. The van der Waals surface area contributed by atoms with Gasteiger partial charge in [-0.2, -0.15) is 13.2 Å². The van der Waals surface area contributed by atoms with E-state index in [0.29, 0.717) is 25.9 Å². The molecule has 1 aromatic heterocycles. The van der Waals surface area contributed by atoms with Crippen LogP contribution in [0.5, 0.6) is 0 Å². The number of nitrogens with zero attached hydrogens (tertiary/aromatic N) is 3. The van der Waals surface area contributed by atoms with Gasteiger partial charge in [-0.3, -0.25) is 14.6 Å². The summed E-state index contributed by atoms with van der Waals surface area (Å²) in [5.41, 5.74) is -0.828. The van der Waals surface area contributed by atoms with Crippen molar-refractivity contribution in [2.75, 3.05) is 13.1 Å². The van der Waals surface area contributed by atoms with Crippen LogP contribution in [0.4, 0.5) is 13.2 Å². The molecule has 1 aromatic rings. The van der Waals surface area contributed by atoms with Gasteiger partial charge in [0.25, 0.3) is 5.91 Å². The van der Waals surface area contributed by atoms with Crippen molar-refractivity contribution in [3.05, 3.63) is 29.6 Å². The molecule has 0 radical (unpaired) electrons. The Morgan fingerprint density at radius 1 is 1.12 bits per heavy atom. The summed E-state index contributed by atoms with van der Waals surface area (Å²) in [5.74, 6) is -0.250. The molecule has 8 heteroatoms. The number of carbonyl (C=O) groups is 2. The number of rotatable bonds is 3. The van der Waals surface area contributed by atoms with E-state index in [0.717, 1.165) is 25.1 Å². The summed E-state index contributed by atoms with van der Waals surface area (Å²) < 4.78 is 37.9. The van der Waals surface area contributed by atoms with Gasteiger partial charge in [-0.25, -0.2) is 0 Å². The Morgan fingerprint density at radius 2 is 1.72 bits per heavy atom. The molecule has 0 unspecified atom stereocenters. The Morgan fingerprint density at radius 3 is 2.16 bits per heavy atom. The van der Waals surface area contributed by atoms with Gasteiger partial charge in [-0.05, 0) is 37.8 Å². The summed E-state index contributed by atoms with van der Waals surface area (Å²) in [6, 6.07) is 2.19. The van der Waals surface area contributed by atoms with Crippen molar-refractivity contribution in [1.29, 1.82) is 0 Å². The summed E-state index contributed by atoms with van der Waals surface area (Å²) in [6.45, 7) is 2.72. The quantitative estimate of drug-likeness (QED) is 0.838. The van der Waals surface area contributed by atoms with Crippen molar-refractivity contribution in [3.8, 4) is 0 Å². The number of halogens is 3. The highest BCUT2D eigenvalue weighted by Gasteiger charge is 2.39. The van der Waals surface area contributed by atoms with E-state index in [4.69, 9.17) is 0 Å². The average molecular weight is 355 g/mol. The maximum atomic E-state index is 12.8. The third kappa shape index (κ3) is 3.93. The maximum Gasteiger partial charge on any atom is 0.433 e. The molecule has 0 bridgehead atoms. The van der Waals surface area contributed by atoms with Crippen LogP contribution in [0.1, 0.15) is 48.7 Å². The fraction of sp³-hybridized carbons (Fsp3) is 0.588. The molecule has 3 rings (SSSR count). The highest BCUT2D eigenvalue weighted by atomic mass is 19.4. The number of hydrogen-bond acceptors (Lipinski definition) is 3. The SMILES string of the molecule is CC(=O)N1CCC(N(C(=O)c2ccc(C(F)(F)F)nc2)C2CC2)CC1. The molecule has 0 N–H and O–H groups in total. The van der Waals surface area contributed by atoms with Crippen molar-refractivity contribution in [1.82, 2.24) is 14.8 Å². The van der Waals surface area contributed by atoms with Gasteiger partial charge in [0.05, 0.1) is 5.56 Å². The first-order valence-corrected chi connectivity index (χ1v) is 8.39. The first kappa shape index (κ1) is 17.7. The van der Waals surface area contributed by atoms with Gasteiger partial charge in [0.1, 0.15) is 5.69 Å². The van der Waals surface area contributed by atoms with E-state index in [2.05, 4.69) is 4.98 Å². The maximum absolute atomic E-state index is 12.8. The zero-order chi connectivity index (χ0) is 18.2. The minimum atomic E-state index is -4.52. The van der Waals surface area contributed by atoms with Crippen LogP contribution in [0.15, 0.2) is 18.3 Å². The summed E-state index contributed by atoms with van der Waals surface area (Å²) >= 11 is 0. The standard InChI is InChI=1S/C17H20F3N3O2/c1-11(24)22-8-6-14(7-9-22)23(13-3-4-13)16(25)12-2-5-15(21-10-12)17(18,19)20/h2,5,10,13-14H,3-4,6-9H2,1H3. The normalized spacial score (nSPS) is 19.0. The smallest absolute Gasteiger partial charge is 0.343 e. The van der Waals surface area contributed by atoms with Crippen molar-refractivity contribution in [2.45, 2.75) is 50.9 Å². The molecule has 2 fully saturated rings. The fourth-order valence-corrected chi connectivity index (χ4v) is 3.28. The number of piperidine rings is 1. The van der Waals surface area contributed by atoms with Gasteiger partial charge >= 0.3 is 6.18 Å². The predicted molar refractivity (Wildman–Crippen MR) is 83.7 cm³/mol. The van der Waals surface area contributed by atoms with E-state index in [1.807, 2.05) is 0 Å². The van der Waals surface area contributed by atoms with Gasteiger partial charge in [0.15, 0.2) is 0 Å². The van der Waals surface area contributed by atoms with Gasteiger partial charge in [0, 0.05) is 38.3 Å². The van der Waals surface area contributed by atoms with Crippen LogP contribution in [-0.2, 0) is 11.0 Å². The molecule has 1 saturated heterocycles. The lowest BCUT2D eigenvalue weighted by molar-refractivity contribution is -0.141. The topological polar surface area (TPSA) is 53.5 Å². The molecule has 0 spiro atoms. The number of alkyl halides is 3. The molecule has 136 valence electrons. The number of aromatic nitrogens is 1. The molecular weight excluding hydrogens is 335 g/mol. The molecule has 25 heavy (non-hydrogen) atoms. The van der Waals surface area contributed by atoms with Crippen LogP contribution >= 0.6 is 0 Å². The molecule has 0 atom stereocenters. The minimum absolute atomic E-state index is 0.0119. The number of likely N-dealkylation sites (tertiary alicyclic amines) is 1. The number of amides is 2. The van der Waals surface area contributed by atoms with E-state index >= 15 is 0 Å². The molecule has 2 heterocycles. The first-order chi connectivity index (χ1) is 11.8. The molecular formula is C17H20F3N3O2. The lowest BCUT2D eigenvalue weighted by Crippen LogP contribution is -2.49. The van der Waals surface area contributed by atoms with Crippen molar-refractivity contribution in [3.63, 3.8) is 0 Å². The Kier molecular flexibility index (Phi) is 4.71. The third-order valence-corrected chi connectivity index (χ3v) is 4.78. The summed E-state index contributed by atoms with van der Waals surface area (Å²) in [5, 5.41) is 0. The lowest BCUT2D eigenvalue weighted by atomic mass is 10.0. The summed E-state index contributed by atoms with van der Waals surface area (Å²) in [4.78, 5) is 31.2. The molecule has 1 saturated carbocycles. The zero-order valence-electron chi connectivity index (χ0n) is 13.9. The van der Waals surface area contributed by atoms with E-state index in [-0.39, 0.29) is 29.5 Å². The highest BCUT2D eigenvalue weighted by Crippen LogP contribution is 2.34. The van der Waals surface area contributed by atoms with Gasteiger partial charge in [-0.1, -0.05) is 0 Å². The van der Waals surface area contributed by atoms with Gasteiger partial charge in [-0.15, -0.1) is 0 Å². The van der Waals surface area contributed by atoms with Crippen LogP contribution in [-0.4, -0.2) is 51.8 Å². The Balaban J connectivity index is 1.73. The first-order valence-electron chi connectivity index (χ1n) is 8.39. The monoisotopic (exact) mass is 355 g/mol. The number of carbonyl (C=O) groups excluding carboxylic acids is 2. The second kappa shape index (κ2) is 6.65. The van der Waals surface area contributed by atoms with Crippen molar-refractivity contribution >= 4 is 11.8 Å². The average Bonchev–Trinajstić information content (AvgIpc) is 3.39. The van der Waals surface area contributed by atoms with Crippen molar-refractivity contribution < 1.29 is 22.8 Å². The summed E-state index contributed by atoms with van der Waals surface area (Å²) in [7, 11) is 0.